The van der Waals surface area contributed by atoms with E-state index >= 15 is 0 Å². The van der Waals surface area contributed by atoms with Gasteiger partial charge in [0.2, 0.25) is 0 Å². The van der Waals surface area contributed by atoms with Crippen LogP contribution in [0.3, 0.4) is 0 Å². The molecular weight excluding hydrogens is 146 g/mol. The Labute approximate surface area is 64.9 Å². The first-order valence-corrected chi connectivity index (χ1v) is 3.51. The number of rotatable bonds is 0. The van der Waals surface area contributed by atoms with Crippen LogP contribution in [-0.2, 0) is 0 Å². The molecule has 0 nitrogen and oxygen atoms in total. The maximum Gasteiger partial charge on any atom is 0.128 e. The van der Waals surface area contributed by atoms with Crippen LogP contribution in [0.1, 0.15) is 20.3 Å². The first-order chi connectivity index (χ1) is 5.11. The maximum absolute atomic E-state index is 12.9. The van der Waals surface area contributed by atoms with E-state index in [9.17, 15) is 8.78 Å². The van der Waals surface area contributed by atoms with Crippen molar-refractivity contribution in [1.29, 1.82) is 0 Å². The summed E-state index contributed by atoms with van der Waals surface area (Å²) < 4.78 is 25.7. The van der Waals surface area contributed by atoms with E-state index in [-0.39, 0.29) is 5.57 Å². The molecule has 1 aliphatic rings. The lowest BCUT2D eigenvalue weighted by atomic mass is 10.2. The molecule has 0 N–H and O–H groups in total. The van der Waals surface area contributed by atoms with Crippen molar-refractivity contribution < 1.29 is 8.78 Å². The first-order valence-electron chi connectivity index (χ1n) is 3.51. The smallest absolute Gasteiger partial charge is 0.128 e. The zero-order chi connectivity index (χ0) is 8.43. The van der Waals surface area contributed by atoms with Crippen LogP contribution in [0.25, 0.3) is 0 Å². The minimum absolute atomic E-state index is 0.0989. The predicted octanol–water partition coefficient (Wildman–Crippen LogP) is 3.43. The zero-order valence-corrected chi connectivity index (χ0v) is 6.62. The molecule has 0 amide bonds. The molecule has 0 radical (unpaired) electrons. The van der Waals surface area contributed by atoms with E-state index in [0.717, 1.165) is 5.57 Å². The Balaban J connectivity index is 3.08. The standard InChI is InChI=1S/C9H10F2/c1-6-3-4-8(10)7(2)9(11)5-6/h4-5H,3H2,1-2H3. The van der Waals surface area contributed by atoms with Crippen molar-refractivity contribution in [3.05, 3.63) is 35.0 Å². The van der Waals surface area contributed by atoms with Gasteiger partial charge in [-0.1, -0.05) is 5.57 Å². The van der Waals surface area contributed by atoms with Crippen LogP contribution in [0.15, 0.2) is 35.0 Å². The highest BCUT2D eigenvalue weighted by Crippen LogP contribution is 2.24. The molecule has 0 aromatic heterocycles. The Bertz CT molecular complexity index is 257. The zero-order valence-electron chi connectivity index (χ0n) is 6.62. The summed E-state index contributed by atoms with van der Waals surface area (Å²) in [6.45, 7) is 3.22. The van der Waals surface area contributed by atoms with Crippen LogP contribution in [0.5, 0.6) is 0 Å². The van der Waals surface area contributed by atoms with Gasteiger partial charge in [0, 0.05) is 5.57 Å². The summed E-state index contributed by atoms with van der Waals surface area (Å²) in [5.74, 6) is -0.913. The van der Waals surface area contributed by atoms with E-state index in [1.54, 1.807) is 6.92 Å². The summed E-state index contributed by atoms with van der Waals surface area (Å²) in [5.41, 5.74) is 0.941. The Morgan fingerprint density at radius 1 is 1.27 bits per heavy atom. The molecule has 0 heterocycles. The SMILES string of the molecule is CC1=CC(F)=C(C)C(F)=CC1. The largest absolute Gasteiger partial charge is 0.207 e. The highest BCUT2D eigenvalue weighted by Gasteiger charge is 2.08. The van der Waals surface area contributed by atoms with Gasteiger partial charge in [0.05, 0.1) is 0 Å². The number of allylic oxidation sites excluding steroid dienone is 6. The van der Waals surface area contributed by atoms with Crippen molar-refractivity contribution in [2.75, 3.05) is 0 Å². The van der Waals surface area contributed by atoms with Crippen molar-refractivity contribution in [3.8, 4) is 0 Å². The molecule has 0 aliphatic heterocycles. The molecule has 0 fully saturated rings. The minimum Gasteiger partial charge on any atom is -0.207 e. The summed E-state index contributed by atoms with van der Waals surface area (Å²) in [6, 6.07) is 0. The van der Waals surface area contributed by atoms with Crippen molar-refractivity contribution in [2.45, 2.75) is 20.3 Å². The van der Waals surface area contributed by atoms with Gasteiger partial charge in [0.1, 0.15) is 11.7 Å². The van der Waals surface area contributed by atoms with Gasteiger partial charge in [-0.2, -0.15) is 0 Å². The summed E-state index contributed by atoms with van der Waals surface area (Å²) in [7, 11) is 0. The second kappa shape index (κ2) is 2.99. The predicted molar refractivity (Wildman–Crippen MR) is 41.4 cm³/mol. The van der Waals surface area contributed by atoms with Gasteiger partial charge in [-0.15, -0.1) is 0 Å². The normalized spacial score (nSPS) is 19.3. The quantitative estimate of drug-likeness (QED) is 0.504. The van der Waals surface area contributed by atoms with Gasteiger partial charge in [-0.3, -0.25) is 0 Å². The number of hydrogen-bond acceptors (Lipinski definition) is 0. The lowest BCUT2D eigenvalue weighted by Gasteiger charge is -1.93. The maximum atomic E-state index is 12.9. The lowest BCUT2D eigenvalue weighted by molar-refractivity contribution is 0.611. The molecule has 60 valence electrons. The first kappa shape index (κ1) is 8.18. The van der Waals surface area contributed by atoms with E-state index < -0.39 is 11.7 Å². The van der Waals surface area contributed by atoms with Crippen LogP contribution in [0.2, 0.25) is 0 Å². The van der Waals surface area contributed by atoms with Crippen molar-refractivity contribution in [1.82, 2.24) is 0 Å². The summed E-state index contributed by atoms with van der Waals surface area (Å²) in [5, 5.41) is 0. The van der Waals surface area contributed by atoms with Gasteiger partial charge >= 0.3 is 0 Å². The van der Waals surface area contributed by atoms with Crippen LogP contribution in [0, 0.1) is 0 Å². The molecule has 0 unspecified atom stereocenters. The second-order valence-corrected chi connectivity index (χ2v) is 2.72. The monoisotopic (exact) mass is 156 g/mol. The van der Waals surface area contributed by atoms with Gasteiger partial charge in [0.15, 0.2) is 0 Å². The average Bonchev–Trinajstić information content (AvgIpc) is 2.05. The molecule has 1 aliphatic carbocycles. The van der Waals surface area contributed by atoms with Crippen molar-refractivity contribution in [2.24, 2.45) is 0 Å². The Morgan fingerprint density at radius 3 is 2.55 bits per heavy atom. The highest BCUT2D eigenvalue weighted by atomic mass is 19.1. The van der Waals surface area contributed by atoms with E-state index in [4.69, 9.17) is 0 Å². The van der Waals surface area contributed by atoms with E-state index in [1.165, 1.54) is 19.1 Å². The molecule has 1 rings (SSSR count). The molecule has 0 aromatic carbocycles. The summed E-state index contributed by atoms with van der Waals surface area (Å²) >= 11 is 0. The number of hydrogen-bond donors (Lipinski definition) is 0. The number of halogens is 2. The highest BCUT2D eigenvalue weighted by molar-refractivity contribution is 5.36. The van der Waals surface area contributed by atoms with Crippen molar-refractivity contribution >= 4 is 0 Å². The second-order valence-electron chi connectivity index (χ2n) is 2.72. The lowest BCUT2D eigenvalue weighted by Crippen LogP contribution is -1.78. The summed E-state index contributed by atoms with van der Waals surface area (Å²) in [4.78, 5) is 0. The Kier molecular flexibility index (Phi) is 2.22. The van der Waals surface area contributed by atoms with Crippen LogP contribution >= 0.6 is 0 Å². The molecule has 0 spiro atoms. The van der Waals surface area contributed by atoms with Gasteiger partial charge in [-0.05, 0) is 32.4 Å². The van der Waals surface area contributed by atoms with Crippen LogP contribution < -0.4 is 0 Å². The third-order valence-corrected chi connectivity index (χ3v) is 1.69. The average molecular weight is 156 g/mol. The topological polar surface area (TPSA) is 0 Å². The minimum atomic E-state index is -0.464. The third-order valence-electron chi connectivity index (χ3n) is 1.69. The van der Waals surface area contributed by atoms with Crippen LogP contribution in [0.4, 0.5) is 8.78 Å². The van der Waals surface area contributed by atoms with Gasteiger partial charge in [-0.25, -0.2) is 8.78 Å². The Morgan fingerprint density at radius 2 is 1.91 bits per heavy atom. The fourth-order valence-corrected chi connectivity index (χ4v) is 0.901. The van der Waals surface area contributed by atoms with E-state index in [1.807, 2.05) is 0 Å². The van der Waals surface area contributed by atoms with Gasteiger partial charge in [0.25, 0.3) is 0 Å². The Hall–Kier alpha value is -0.920. The molecular formula is C9H10F2. The fraction of sp³-hybridized carbons (Fsp3) is 0.333. The molecule has 0 bridgehead atoms. The molecule has 0 saturated heterocycles. The van der Waals surface area contributed by atoms with E-state index in [0.29, 0.717) is 6.42 Å². The third kappa shape index (κ3) is 1.76. The molecule has 2 heteroatoms. The van der Waals surface area contributed by atoms with Crippen LogP contribution in [-0.4, -0.2) is 0 Å². The van der Waals surface area contributed by atoms with Crippen molar-refractivity contribution in [3.63, 3.8) is 0 Å². The van der Waals surface area contributed by atoms with Gasteiger partial charge < -0.3 is 0 Å². The molecule has 0 saturated carbocycles. The molecule has 0 aromatic rings. The van der Waals surface area contributed by atoms with E-state index in [2.05, 4.69) is 0 Å². The summed E-state index contributed by atoms with van der Waals surface area (Å²) in [6.07, 6.45) is 3.27. The molecule has 11 heavy (non-hydrogen) atoms. The fourth-order valence-electron chi connectivity index (χ4n) is 0.901. The molecule has 0 atom stereocenters.